The van der Waals surface area contributed by atoms with Crippen molar-refractivity contribution in [1.82, 2.24) is 0 Å². The smallest absolute Gasteiger partial charge is 0.247 e. The van der Waals surface area contributed by atoms with Gasteiger partial charge in [-0.3, -0.25) is 20.2 Å². The second-order valence-electron chi connectivity index (χ2n) is 5.11. The monoisotopic (exact) mass is 324 g/mol. The average molecular weight is 324 g/mol. The van der Waals surface area contributed by atoms with Crippen molar-refractivity contribution in [2.24, 2.45) is 0 Å². The summed E-state index contributed by atoms with van der Waals surface area (Å²) in [5, 5.41) is 22.4. The van der Waals surface area contributed by atoms with E-state index in [2.05, 4.69) is 0 Å². The normalized spacial score (nSPS) is 12.0. The van der Waals surface area contributed by atoms with E-state index < -0.39 is 9.85 Å². The Morgan fingerprint density at radius 1 is 0.708 bits per heavy atom. The van der Waals surface area contributed by atoms with Crippen LogP contribution >= 0.6 is 0 Å². The number of allylic oxidation sites excluding steroid dienone is 2. The molecule has 6 nitrogen and oxygen atoms in total. The molecule has 0 atom stereocenters. The van der Waals surface area contributed by atoms with Gasteiger partial charge < -0.3 is 0 Å². The molecule has 0 radical (unpaired) electrons. The highest BCUT2D eigenvalue weighted by Crippen LogP contribution is 2.18. The predicted molar refractivity (Wildman–Crippen MR) is 92.1 cm³/mol. The zero-order valence-corrected chi connectivity index (χ0v) is 12.9. The molecule has 2 rings (SSSR count). The largest absolute Gasteiger partial charge is 0.259 e. The van der Waals surface area contributed by atoms with Crippen molar-refractivity contribution in [2.75, 3.05) is 0 Å². The van der Waals surface area contributed by atoms with E-state index in [9.17, 15) is 20.2 Å². The summed E-state index contributed by atoms with van der Waals surface area (Å²) >= 11 is 0. The minimum atomic E-state index is -0.493. The maximum atomic E-state index is 11.2. The fourth-order valence-electron chi connectivity index (χ4n) is 2.17. The molecular formula is C18H16N2O4. The van der Waals surface area contributed by atoms with Crippen LogP contribution in [0.25, 0.3) is 12.2 Å². The van der Waals surface area contributed by atoms with Gasteiger partial charge in [0, 0.05) is 25.0 Å². The molecular weight excluding hydrogens is 308 g/mol. The Morgan fingerprint density at radius 2 is 1.04 bits per heavy atom. The first kappa shape index (κ1) is 17.1. The summed E-state index contributed by atoms with van der Waals surface area (Å²) in [5.41, 5.74) is 1.28. The number of benzene rings is 2. The van der Waals surface area contributed by atoms with Gasteiger partial charge in [0.2, 0.25) is 11.4 Å². The Bertz CT molecular complexity index is 701. The van der Waals surface area contributed by atoms with E-state index in [0.717, 1.165) is 0 Å². The summed E-state index contributed by atoms with van der Waals surface area (Å²) in [6.07, 6.45) is 2.86. The van der Waals surface area contributed by atoms with Gasteiger partial charge in [0.15, 0.2) is 0 Å². The van der Waals surface area contributed by atoms with Crippen LogP contribution < -0.4 is 0 Å². The first-order chi connectivity index (χ1) is 11.6. The van der Waals surface area contributed by atoms with E-state index in [-0.39, 0.29) is 24.2 Å². The molecule has 0 aliphatic carbocycles. The van der Waals surface area contributed by atoms with E-state index in [4.69, 9.17) is 0 Å². The van der Waals surface area contributed by atoms with Crippen LogP contribution in [0.15, 0.2) is 72.1 Å². The minimum absolute atomic E-state index is 0.0124. The molecule has 0 aliphatic heterocycles. The summed E-state index contributed by atoms with van der Waals surface area (Å²) in [5.74, 6) is 0. The first-order valence-corrected chi connectivity index (χ1v) is 7.36. The zero-order valence-electron chi connectivity index (χ0n) is 12.9. The lowest BCUT2D eigenvalue weighted by Crippen LogP contribution is -2.03. The Balaban J connectivity index is 2.17. The maximum Gasteiger partial charge on any atom is 0.247 e. The van der Waals surface area contributed by atoms with Gasteiger partial charge in [-0.1, -0.05) is 60.7 Å². The second kappa shape index (κ2) is 8.38. The summed E-state index contributed by atoms with van der Waals surface area (Å²) in [6.45, 7) is 0. The first-order valence-electron chi connectivity index (χ1n) is 7.36. The number of rotatable bonds is 7. The van der Waals surface area contributed by atoms with Crippen molar-refractivity contribution in [2.45, 2.75) is 12.8 Å². The van der Waals surface area contributed by atoms with Crippen molar-refractivity contribution in [3.63, 3.8) is 0 Å². The fourth-order valence-corrected chi connectivity index (χ4v) is 2.17. The third-order valence-electron chi connectivity index (χ3n) is 3.37. The van der Waals surface area contributed by atoms with Gasteiger partial charge in [-0.25, -0.2) is 0 Å². The lowest BCUT2D eigenvalue weighted by atomic mass is 10.1. The molecule has 0 bridgehead atoms. The van der Waals surface area contributed by atoms with Crippen LogP contribution in [-0.2, 0) is 0 Å². The van der Waals surface area contributed by atoms with Crippen molar-refractivity contribution in [3.8, 4) is 0 Å². The van der Waals surface area contributed by atoms with Gasteiger partial charge in [-0.15, -0.1) is 0 Å². The standard InChI is InChI=1S/C18H16N2O4/c21-19(22)17(13-15-7-3-1-4-8-15)11-12-18(20(23)24)14-16-9-5-2-6-10-16/h1-10,13-14H,11-12H2/b17-13+,18-14+. The lowest BCUT2D eigenvalue weighted by Gasteiger charge is -2.00. The zero-order chi connectivity index (χ0) is 17.4. The minimum Gasteiger partial charge on any atom is -0.259 e. The van der Waals surface area contributed by atoms with Crippen molar-refractivity contribution >= 4 is 12.2 Å². The Kier molecular flexibility index (Phi) is 5.96. The van der Waals surface area contributed by atoms with Crippen LogP contribution in [0.1, 0.15) is 24.0 Å². The van der Waals surface area contributed by atoms with Crippen LogP contribution in [0.5, 0.6) is 0 Å². The number of hydrogen-bond donors (Lipinski definition) is 0. The molecule has 0 unspecified atom stereocenters. The van der Waals surface area contributed by atoms with Crippen LogP contribution in [0.2, 0.25) is 0 Å². The van der Waals surface area contributed by atoms with Crippen molar-refractivity contribution in [1.29, 1.82) is 0 Å². The van der Waals surface area contributed by atoms with Gasteiger partial charge in [0.25, 0.3) is 0 Å². The molecule has 0 spiro atoms. The molecule has 0 saturated carbocycles. The van der Waals surface area contributed by atoms with Crippen molar-refractivity contribution < 1.29 is 9.85 Å². The lowest BCUT2D eigenvalue weighted by molar-refractivity contribution is -0.435. The molecule has 24 heavy (non-hydrogen) atoms. The third-order valence-corrected chi connectivity index (χ3v) is 3.37. The highest BCUT2D eigenvalue weighted by Gasteiger charge is 2.17. The van der Waals surface area contributed by atoms with E-state index in [1.54, 1.807) is 48.5 Å². The van der Waals surface area contributed by atoms with Gasteiger partial charge in [0.1, 0.15) is 0 Å². The molecule has 0 fully saturated rings. The Hall–Kier alpha value is -3.28. The van der Waals surface area contributed by atoms with E-state index >= 15 is 0 Å². The van der Waals surface area contributed by atoms with Crippen LogP contribution in [0.3, 0.4) is 0 Å². The van der Waals surface area contributed by atoms with Gasteiger partial charge in [-0.05, 0) is 11.1 Å². The highest BCUT2D eigenvalue weighted by molar-refractivity contribution is 5.52. The van der Waals surface area contributed by atoms with E-state index in [1.165, 1.54) is 12.2 Å². The van der Waals surface area contributed by atoms with Crippen LogP contribution in [-0.4, -0.2) is 9.85 Å². The molecule has 2 aromatic rings. The topological polar surface area (TPSA) is 86.3 Å². The van der Waals surface area contributed by atoms with Gasteiger partial charge in [-0.2, -0.15) is 0 Å². The Morgan fingerprint density at radius 3 is 1.33 bits per heavy atom. The third kappa shape index (κ3) is 5.17. The molecule has 6 heteroatoms. The molecule has 0 aromatic heterocycles. The molecule has 2 aromatic carbocycles. The SMILES string of the molecule is O=[N+]([O-])/C(=C/c1ccccc1)CC/C(=C\c1ccccc1)[N+](=O)[O-]. The summed E-state index contributed by atoms with van der Waals surface area (Å²) < 4.78 is 0. The number of hydrogen-bond acceptors (Lipinski definition) is 4. The van der Waals surface area contributed by atoms with Gasteiger partial charge in [0.05, 0.1) is 9.85 Å². The fraction of sp³-hybridized carbons (Fsp3) is 0.111. The quantitative estimate of drug-likeness (QED) is 0.558. The van der Waals surface area contributed by atoms with E-state index in [0.29, 0.717) is 11.1 Å². The highest BCUT2D eigenvalue weighted by atomic mass is 16.6. The molecule has 0 aliphatic rings. The Labute approximate surface area is 139 Å². The van der Waals surface area contributed by atoms with Crippen LogP contribution in [0, 0.1) is 20.2 Å². The molecule has 0 heterocycles. The predicted octanol–water partition coefficient (Wildman–Crippen LogP) is 4.40. The summed E-state index contributed by atoms with van der Waals surface area (Å²) in [4.78, 5) is 21.4. The summed E-state index contributed by atoms with van der Waals surface area (Å²) in [7, 11) is 0. The molecule has 122 valence electrons. The number of nitrogens with zero attached hydrogens (tertiary/aromatic N) is 2. The maximum absolute atomic E-state index is 11.2. The second-order valence-corrected chi connectivity index (χ2v) is 5.11. The molecule has 0 amide bonds. The van der Waals surface area contributed by atoms with E-state index in [1.807, 2.05) is 12.1 Å². The average Bonchev–Trinajstić information content (AvgIpc) is 2.58. The van der Waals surface area contributed by atoms with Gasteiger partial charge >= 0.3 is 0 Å². The molecule has 0 N–H and O–H groups in total. The summed E-state index contributed by atoms with van der Waals surface area (Å²) in [6, 6.07) is 17.7. The van der Waals surface area contributed by atoms with Crippen molar-refractivity contribution in [3.05, 3.63) is 103 Å². The number of nitro groups is 2. The molecule has 0 saturated heterocycles. The van der Waals surface area contributed by atoms with Crippen LogP contribution in [0.4, 0.5) is 0 Å².